The van der Waals surface area contributed by atoms with Crippen LogP contribution in [0.15, 0.2) is 42.7 Å². The number of aliphatic hydroxyl groups excluding tert-OH is 1. The molecule has 4 rings (SSSR count). The van der Waals surface area contributed by atoms with Gasteiger partial charge in [0.05, 0.1) is 24.9 Å². The van der Waals surface area contributed by atoms with E-state index in [2.05, 4.69) is 20.4 Å². The number of nitrogens with one attached hydrogen (secondary N) is 1. The van der Waals surface area contributed by atoms with Gasteiger partial charge in [-0.05, 0) is 62.2 Å². The summed E-state index contributed by atoms with van der Waals surface area (Å²) in [7, 11) is 0. The summed E-state index contributed by atoms with van der Waals surface area (Å²) in [5, 5.41) is 16.1. The zero-order chi connectivity index (χ0) is 21.3. The first-order valence-electron chi connectivity index (χ1n) is 9.62. The number of hydrogen-bond acceptors (Lipinski definition) is 6. The van der Waals surface area contributed by atoms with Crippen LogP contribution in [0.4, 0.5) is 5.69 Å². The molecule has 0 aliphatic heterocycles. The molecule has 4 aromatic rings. The molecular weight excluding hydrogens is 380 g/mol. The van der Waals surface area contributed by atoms with E-state index in [0.717, 1.165) is 33.4 Å². The highest BCUT2D eigenvalue weighted by Crippen LogP contribution is 2.25. The van der Waals surface area contributed by atoms with E-state index in [9.17, 15) is 4.79 Å². The van der Waals surface area contributed by atoms with Gasteiger partial charge in [0.1, 0.15) is 11.2 Å². The van der Waals surface area contributed by atoms with Crippen LogP contribution < -0.4 is 5.32 Å². The Labute approximate surface area is 173 Å². The van der Waals surface area contributed by atoms with E-state index in [1.807, 2.05) is 45.0 Å². The first kappa shape index (κ1) is 19.7. The van der Waals surface area contributed by atoms with Gasteiger partial charge in [-0.25, -0.2) is 15.0 Å². The van der Waals surface area contributed by atoms with Crippen LogP contribution in [0, 0.1) is 20.8 Å². The summed E-state index contributed by atoms with van der Waals surface area (Å²) in [5.41, 5.74) is 6.43. The number of aliphatic hydroxyl groups is 1. The SMILES string of the molecule is Cc1cc(C)c2nc(-c3ccc(NC(=O)c4ccnn4CCO)c(C)c3)ncc2n1. The quantitative estimate of drug-likeness (QED) is 0.531. The van der Waals surface area contributed by atoms with E-state index in [1.54, 1.807) is 12.3 Å². The van der Waals surface area contributed by atoms with Crippen molar-refractivity contribution >= 4 is 22.6 Å². The Bertz CT molecular complexity index is 1250. The highest BCUT2D eigenvalue weighted by Gasteiger charge is 2.14. The molecule has 0 fully saturated rings. The van der Waals surface area contributed by atoms with E-state index < -0.39 is 0 Å². The molecule has 3 heterocycles. The topological polar surface area (TPSA) is 106 Å². The predicted octanol–water partition coefficient (Wildman–Crippen LogP) is 3.06. The molecule has 1 aromatic carbocycles. The number of anilines is 1. The van der Waals surface area contributed by atoms with Crippen LogP contribution in [-0.2, 0) is 6.54 Å². The van der Waals surface area contributed by atoms with Gasteiger partial charge in [0.15, 0.2) is 5.82 Å². The van der Waals surface area contributed by atoms with Crippen LogP contribution in [0.5, 0.6) is 0 Å². The molecule has 2 N–H and O–H groups in total. The summed E-state index contributed by atoms with van der Waals surface area (Å²) in [6.07, 6.45) is 3.28. The van der Waals surface area contributed by atoms with Crippen molar-refractivity contribution in [1.82, 2.24) is 24.7 Å². The Balaban J connectivity index is 1.61. The molecule has 0 aliphatic carbocycles. The molecule has 0 unspecified atom stereocenters. The van der Waals surface area contributed by atoms with Crippen molar-refractivity contribution in [1.29, 1.82) is 0 Å². The molecule has 8 nitrogen and oxygen atoms in total. The number of benzene rings is 1. The van der Waals surface area contributed by atoms with Gasteiger partial charge in [0, 0.05) is 23.1 Å². The summed E-state index contributed by atoms with van der Waals surface area (Å²) in [6.45, 7) is 6.06. The van der Waals surface area contributed by atoms with Crippen molar-refractivity contribution < 1.29 is 9.90 Å². The van der Waals surface area contributed by atoms with Crippen molar-refractivity contribution in [2.45, 2.75) is 27.3 Å². The first-order valence-corrected chi connectivity index (χ1v) is 9.62. The minimum absolute atomic E-state index is 0.0873. The van der Waals surface area contributed by atoms with Gasteiger partial charge in [0.25, 0.3) is 5.91 Å². The molecule has 8 heteroatoms. The van der Waals surface area contributed by atoms with Gasteiger partial charge in [-0.3, -0.25) is 9.48 Å². The average Bonchev–Trinajstić information content (AvgIpc) is 3.18. The Morgan fingerprint density at radius 2 is 1.93 bits per heavy atom. The highest BCUT2D eigenvalue weighted by molar-refractivity contribution is 6.03. The maximum atomic E-state index is 12.6. The lowest BCUT2D eigenvalue weighted by atomic mass is 10.1. The Morgan fingerprint density at radius 3 is 2.70 bits per heavy atom. The van der Waals surface area contributed by atoms with E-state index in [4.69, 9.17) is 10.1 Å². The molecule has 3 aromatic heterocycles. The Hall–Kier alpha value is -3.65. The van der Waals surface area contributed by atoms with Crippen molar-refractivity contribution in [3.05, 3.63) is 65.2 Å². The Kier molecular flexibility index (Phi) is 5.24. The number of hydrogen-bond donors (Lipinski definition) is 2. The molecule has 0 aliphatic rings. The molecule has 0 atom stereocenters. The van der Waals surface area contributed by atoms with Crippen LogP contribution >= 0.6 is 0 Å². The number of aromatic nitrogens is 5. The lowest BCUT2D eigenvalue weighted by Crippen LogP contribution is -2.19. The molecule has 0 saturated heterocycles. The number of amides is 1. The number of aryl methyl sites for hydroxylation is 3. The maximum absolute atomic E-state index is 12.6. The minimum atomic E-state index is -0.282. The standard InChI is InChI=1S/C22H22N6O2/c1-13-11-16(21-23-12-18-20(27-21)14(2)10-15(3)25-18)4-5-17(13)26-22(30)19-6-7-24-28(19)8-9-29/h4-7,10-12,29H,8-9H2,1-3H3,(H,26,30). The second-order valence-corrected chi connectivity index (χ2v) is 7.16. The van der Waals surface area contributed by atoms with E-state index in [-0.39, 0.29) is 19.1 Å². The third-order valence-corrected chi connectivity index (χ3v) is 4.86. The number of carbonyl (C=O) groups is 1. The number of fused-ring (bicyclic) bond motifs is 1. The van der Waals surface area contributed by atoms with Crippen molar-refractivity contribution in [2.24, 2.45) is 0 Å². The van der Waals surface area contributed by atoms with Crippen LogP contribution in [0.3, 0.4) is 0 Å². The summed E-state index contributed by atoms with van der Waals surface area (Å²) in [6, 6.07) is 9.29. The first-order chi connectivity index (χ1) is 14.5. The van der Waals surface area contributed by atoms with Gasteiger partial charge in [-0.2, -0.15) is 5.10 Å². The maximum Gasteiger partial charge on any atom is 0.273 e. The Morgan fingerprint density at radius 1 is 1.10 bits per heavy atom. The normalized spacial score (nSPS) is 11.1. The van der Waals surface area contributed by atoms with E-state index in [1.165, 1.54) is 10.9 Å². The summed E-state index contributed by atoms with van der Waals surface area (Å²) >= 11 is 0. The number of pyridine rings is 1. The lowest BCUT2D eigenvalue weighted by molar-refractivity contribution is 0.101. The predicted molar refractivity (Wildman–Crippen MR) is 114 cm³/mol. The summed E-state index contributed by atoms with van der Waals surface area (Å²) < 4.78 is 1.47. The van der Waals surface area contributed by atoms with Crippen LogP contribution in [0.2, 0.25) is 0 Å². The molecule has 30 heavy (non-hydrogen) atoms. The van der Waals surface area contributed by atoms with Crippen LogP contribution in [-0.4, -0.2) is 42.4 Å². The number of nitrogens with zero attached hydrogens (tertiary/aromatic N) is 5. The minimum Gasteiger partial charge on any atom is -0.394 e. The van der Waals surface area contributed by atoms with Crippen LogP contribution in [0.1, 0.15) is 27.3 Å². The smallest absolute Gasteiger partial charge is 0.273 e. The monoisotopic (exact) mass is 402 g/mol. The van der Waals surface area contributed by atoms with Crippen molar-refractivity contribution in [3.63, 3.8) is 0 Å². The highest BCUT2D eigenvalue weighted by atomic mass is 16.3. The van der Waals surface area contributed by atoms with Gasteiger partial charge in [-0.1, -0.05) is 0 Å². The fourth-order valence-corrected chi connectivity index (χ4v) is 3.42. The number of carbonyl (C=O) groups excluding carboxylic acids is 1. The van der Waals surface area contributed by atoms with Gasteiger partial charge >= 0.3 is 0 Å². The molecule has 1 amide bonds. The van der Waals surface area contributed by atoms with Gasteiger partial charge < -0.3 is 10.4 Å². The second kappa shape index (κ2) is 8.00. The summed E-state index contributed by atoms with van der Waals surface area (Å²) in [5.74, 6) is 0.328. The largest absolute Gasteiger partial charge is 0.394 e. The zero-order valence-electron chi connectivity index (χ0n) is 17.0. The molecular formula is C22H22N6O2. The molecule has 0 spiro atoms. The van der Waals surface area contributed by atoms with E-state index in [0.29, 0.717) is 17.2 Å². The van der Waals surface area contributed by atoms with Gasteiger partial charge in [-0.15, -0.1) is 0 Å². The summed E-state index contributed by atoms with van der Waals surface area (Å²) in [4.78, 5) is 26.3. The zero-order valence-corrected chi connectivity index (χ0v) is 17.0. The third kappa shape index (κ3) is 3.77. The fraction of sp³-hybridized carbons (Fsp3) is 0.227. The van der Waals surface area contributed by atoms with Crippen molar-refractivity contribution in [3.8, 4) is 11.4 Å². The molecule has 0 bridgehead atoms. The average molecular weight is 402 g/mol. The molecule has 152 valence electrons. The number of rotatable bonds is 5. The lowest BCUT2D eigenvalue weighted by Gasteiger charge is -2.11. The van der Waals surface area contributed by atoms with Crippen LogP contribution in [0.25, 0.3) is 22.4 Å². The molecule has 0 saturated carbocycles. The second-order valence-electron chi connectivity index (χ2n) is 7.16. The van der Waals surface area contributed by atoms with Crippen molar-refractivity contribution in [2.75, 3.05) is 11.9 Å². The van der Waals surface area contributed by atoms with Gasteiger partial charge in [0.2, 0.25) is 0 Å². The molecule has 0 radical (unpaired) electrons. The third-order valence-electron chi connectivity index (χ3n) is 4.86. The fourth-order valence-electron chi connectivity index (χ4n) is 3.42. The van der Waals surface area contributed by atoms with E-state index >= 15 is 0 Å².